The van der Waals surface area contributed by atoms with Crippen molar-refractivity contribution in [1.29, 1.82) is 5.26 Å². The Labute approximate surface area is 119 Å². The molecule has 0 aliphatic carbocycles. The lowest BCUT2D eigenvalue weighted by Crippen LogP contribution is -2.12. The topological polar surface area (TPSA) is 73.1 Å². The Kier molecular flexibility index (Phi) is 3.87. The number of phenols is 1. The molecule has 0 fully saturated rings. The molecular weight excluding hydrogens is 283 g/mol. The molecule has 0 saturated carbocycles. The molecule has 0 aliphatic rings. The van der Waals surface area contributed by atoms with Crippen LogP contribution in [0.4, 0.5) is 10.1 Å². The summed E-state index contributed by atoms with van der Waals surface area (Å²) in [7, 11) is 0. The second-order valence-corrected chi connectivity index (χ2v) is 4.33. The van der Waals surface area contributed by atoms with Gasteiger partial charge in [0.15, 0.2) is 0 Å². The number of anilines is 1. The Morgan fingerprint density at radius 3 is 2.70 bits per heavy atom. The van der Waals surface area contributed by atoms with E-state index in [0.717, 1.165) is 6.07 Å². The largest absolute Gasteiger partial charge is 0.506 e. The number of phenolic OH excluding ortho intramolecular Hbond substituents is 1. The predicted molar refractivity (Wildman–Crippen MR) is 72.2 cm³/mol. The van der Waals surface area contributed by atoms with Crippen LogP contribution in [-0.2, 0) is 0 Å². The summed E-state index contributed by atoms with van der Waals surface area (Å²) in [5.41, 5.74) is 0.360. The molecule has 0 spiro atoms. The van der Waals surface area contributed by atoms with Gasteiger partial charge in [-0.05, 0) is 36.4 Å². The molecule has 0 atom stereocenters. The zero-order valence-corrected chi connectivity index (χ0v) is 10.8. The van der Waals surface area contributed by atoms with Gasteiger partial charge in [0, 0.05) is 11.3 Å². The number of nitriles is 1. The lowest BCUT2D eigenvalue weighted by atomic mass is 10.1. The van der Waals surface area contributed by atoms with E-state index in [1.54, 1.807) is 6.07 Å². The highest BCUT2D eigenvalue weighted by Crippen LogP contribution is 2.24. The molecule has 2 aromatic carbocycles. The molecule has 20 heavy (non-hydrogen) atoms. The maximum atomic E-state index is 13.1. The van der Waals surface area contributed by atoms with Crippen molar-refractivity contribution < 1.29 is 14.3 Å². The number of nitrogens with zero attached hydrogens (tertiary/aromatic N) is 1. The molecule has 100 valence electrons. The van der Waals surface area contributed by atoms with Gasteiger partial charge in [-0.2, -0.15) is 5.26 Å². The van der Waals surface area contributed by atoms with Crippen LogP contribution < -0.4 is 5.32 Å². The quantitative estimate of drug-likeness (QED) is 0.891. The molecule has 2 aromatic rings. The minimum absolute atomic E-state index is 0.0504. The summed E-state index contributed by atoms with van der Waals surface area (Å²) in [6.45, 7) is 0. The van der Waals surface area contributed by atoms with Crippen molar-refractivity contribution >= 4 is 23.2 Å². The van der Waals surface area contributed by atoms with E-state index >= 15 is 0 Å². The fraction of sp³-hybridized carbons (Fsp3) is 0. The number of halogens is 2. The van der Waals surface area contributed by atoms with Gasteiger partial charge < -0.3 is 10.4 Å². The first-order valence-electron chi connectivity index (χ1n) is 5.51. The molecule has 2 N–H and O–H groups in total. The van der Waals surface area contributed by atoms with Crippen molar-refractivity contribution in [3.63, 3.8) is 0 Å². The minimum atomic E-state index is -0.654. The van der Waals surface area contributed by atoms with Gasteiger partial charge in [-0.15, -0.1) is 0 Å². The van der Waals surface area contributed by atoms with E-state index in [4.69, 9.17) is 16.9 Å². The van der Waals surface area contributed by atoms with E-state index in [9.17, 15) is 14.3 Å². The zero-order chi connectivity index (χ0) is 14.7. The number of hydrogen-bond acceptors (Lipinski definition) is 3. The average Bonchev–Trinajstić information content (AvgIpc) is 2.43. The zero-order valence-electron chi connectivity index (χ0n) is 10.0. The van der Waals surface area contributed by atoms with Crippen molar-refractivity contribution in [2.45, 2.75) is 0 Å². The fourth-order valence-corrected chi connectivity index (χ4v) is 1.72. The van der Waals surface area contributed by atoms with Gasteiger partial charge >= 0.3 is 0 Å². The Morgan fingerprint density at radius 2 is 2.05 bits per heavy atom. The van der Waals surface area contributed by atoms with Crippen molar-refractivity contribution in [3.05, 3.63) is 58.4 Å². The van der Waals surface area contributed by atoms with Crippen LogP contribution in [0.1, 0.15) is 15.9 Å². The number of amides is 1. The van der Waals surface area contributed by atoms with Gasteiger partial charge in [-0.1, -0.05) is 11.6 Å². The predicted octanol–water partition coefficient (Wildman–Crippen LogP) is 3.31. The third-order valence-corrected chi connectivity index (χ3v) is 2.86. The number of rotatable bonds is 2. The maximum Gasteiger partial charge on any atom is 0.255 e. The first-order chi connectivity index (χ1) is 9.51. The van der Waals surface area contributed by atoms with E-state index in [1.807, 2.05) is 0 Å². The maximum absolute atomic E-state index is 13.1. The molecule has 0 bridgehead atoms. The molecule has 2 rings (SSSR count). The van der Waals surface area contributed by atoms with Crippen LogP contribution in [0, 0.1) is 17.1 Å². The Bertz CT molecular complexity index is 726. The molecule has 1 amide bonds. The lowest BCUT2D eigenvalue weighted by molar-refractivity contribution is 0.102. The third-order valence-electron chi connectivity index (χ3n) is 2.55. The number of carbonyl (C=O) groups is 1. The van der Waals surface area contributed by atoms with E-state index in [-0.39, 0.29) is 27.6 Å². The number of aromatic hydroxyl groups is 1. The standard InChI is InChI=1S/C14H8ClFN2O2/c15-11-6-8(1-4-13(11)19)14(20)18-10-2-3-12(16)9(5-10)7-17/h1-6,19H,(H,18,20). The van der Waals surface area contributed by atoms with E-state index < -0.39 is 11.7 Å². The summed E-state index contributed by atoms with van der Waals surface area (Å²) in [6.07, 6.45) is 0. The van der Waals surface area contributed by atoms with Gasteiger partial charge in [-0.3, -0.25) is 4.79 Å². The molecule has 0 unspecified atom stereocenters. The normalized spacial score (nSPS) is 9.85. The van der Waals surface area contributed by atoms with Gasteiger partial charge in [0.1, 0.15) is 17.6 Å². The first-order valence-corrected chi connectivity index (χ1v) is 5.88. The second kappa shape index (κ2) is 5.59. The highest BCUT2D eigenvalue weighted by molar-refractivity contribution is 6.32. The lowest BCUT2D eigenvalue weighted by Gasteiger charge is -2.06. The fourth-order valence-electron chi connectivity index (χ4n) is 1.54. The molecule has 0 heterocycles. The first kappa shape index (κ1) is 13.8. The van der Waals surface area contributed by atoms with E-state index in [1.165, 1.54) is 30.3 Å². The van der Waals surface area contributed by atoms with Crippen molar-refractivity contribution in [2.75, 3.05) is 5.32 Å². The third kappa shape index (κ3) is 2.87. The van der Waals surface area contributed by atoms with Crippen molar-refractivity contribution in [3.8, 4) is 11.8 Å². The van der Waals surface area contributed by atoms with Crippen LogP contribution in [0.5, 0.6) is 5.75 Å². The van der Waals surface area contributed by atoms with Crippen LogP contribution in [0.25, 0.3) is 0 Å². The average molecular weight is 291 g/mol. The summed E-state index contributed by atoms with van der Waals surface area (Å²) in [5.74, 6) is -1.27. The van der Waals surface area contributed by atoms with Gasteiger partial charge in [0.05, 0.1) is 10.6 Å². The summed E-state index contributed by atoms with van der Waals surface area (Å²) < 4.78 is 13.1. The number of hydrogen-bond donors (Lipinski definition) is 2. The number of benzene rings is 2. The monoisotopic (exact) mass is 290 g/mol. The van der Waals surface area contributed by atoms with Crippen molar-refractivity contribution in [2.24, 2.45) is 0 Å². The molecular formula is C14H8ClFN2O2. The van der Waals surface area contributed by atoms with Crippen molar-refractivity contribution in [1.82, 2.24) is 0 Å². The Morgan fingerprint density at radius 1 is 1.30 bits per heavy atom. The SMILES string of the molecule is N#Cc1cc(NC(=O)c2ccc(O)c(Cl)c2)ccc1F. The van der Waals surface area contributed by atoms with Gasteiger partial charge in [-0.25, -0.2) is 4.39 Å². The Hall–Kier alpha value is -2.58. The second-order valence-electron chi connectivity index (χ2n) is 3.93. The van der Waals surface area contributed by atoms with Crippen LogP contribution in [0.2, 0.25) is 5.02 Å². The smallest absolute Gasteiger partial charge is 0.255 e. The molecule has 4 nitrogen and oxygen atoms in total. The van der Waals surface area contributed by atoms with Crippen LogP contribution in [0.15, 0.2) is 36.4 Å². The van der Waals surface area contributed by atoms with Gasteiger partial charge in [0.2, 0.25) is 0 Å². The number of carbonyl (C=O) groups excluding carboxylic acids is 1. The van der Waals surface area contributed by atoms with Gasteiger partial charge in [0.25, 0.3) is 5.91 Å². The van der Waals surface area contributed by atoms with E-state index in [2.05, 4.69) is 5.32 Å². The summed E-state index contributed by atoms with van der Waals surface area (Å²) in [4.78, 5) is 11.9. The highest BCUT2D eigenvalue weighted by Gasteiger charge is 2.10. The van der Waals surface area contributed by atoms with Crippen LogP contribution >= 0.6 is 11.6 Å². The summed E-state index contributed by atoms with van der Waals surface area (Å²) in [5, 5.41) is 20.5. The summed E-state index contributed by atoms with van der Waals surface area (Å²) >= 11 is 5.71. The molecule has 0 saturated heterocycles. The summed E-state index contributed by atoms with van der Waals surface area (Å²) in [6, 6.07) is 9.35. The molecule has 0 radical (unpaired) electrons. The van der Waals surface area contributed by atoms with E-state index in [0.29, 0.717) is 0 Å². The Balaban J connectivity index is 2.23. The molecule has 6 heteroatoms. The van der Waals surface area contributed by atoms with Crippen LogP contribution in [0.3, 0.4) is 0 Å². The highest BCUT2D eigenvalue weighted by atomic mass is 35.5. The van der Waals surface area contributed by atoms with Crippen LogP contribution in [-0.4, -0.2) is 11.0 Å². The molecule has 0 aliphatic heterocycles. The minimum Gasteiger partial charge on any atom is -0.506 e. The number of nitrogens with one attached hydrogen (secondary N) is 1. The molecule has 0 aromatic heterocycles.